The molecule has 3 rings (SSSR count). The van der Waals surface area contributed by atoms with Crippen molar-refractivity contribution in [2.45, 2.75) is 64.0 Å². The van der Waals surface area contributed by atoms with Gasteiger partial charge < -0.3 is 15.3 Å². The highest BCUT2D eigenvalue weighted by molar-refractivity contribution is 5.81. The minimum absolute atomic E-state index is 0.132. The molecule has 3 saturated heterocycles. The topological polar surface area (TPSA) is 69.6 Å². The highest BCUT2D eigenvalue weighted by Crippen LogP contribution is 2.39. The number of rotatable bonds is 4. The Hall–Kier alpha value is -1.10. The highest BCUT2D eigenvalue weighted by Gasteiger charge is 2.47. The monoisotopic (exact) mass is 294 g/mol. The van der Waals surface area contributed by atoms with Crippen molar-refractivity contribution in [1.82, 2.24) is 10.2 Å². The number of likely N-dealkylation sites (tertiary alicyclic amines) is 1. The van der Waals surface area contributed by atoms with Crippen LogP contribution in [0, 0.1) is 11.3 Å². The van der Waals surface area contributed by atoms with Gasteiger partial charge in [0.25, 0.3) is 0 Å². The van der Waals surface area contributed by atoms with E-state index in [1.165, 1.54) is 6.42 Å². The predicted octanol–water partition coefficient (Wildman–Crippen LogP) is 1.62. The van der Waals surface area contributed by atoms with Gasteiger partial charge >= 0.3 is 5.97 Å². The van der Waals surface area contributed by atoms with E-state index >= 15 is 0 Å². The fraction of sp³-hybridized carbons (Fsp3) is 0.875. The molecule has 0 aromatic carbocycles. The number of hydrogen-bond acceptors (Lipinski definition) is 3. The molecule has 3 heterocycles. The minimum atomic E-state index is -0.682. The third kappa shape index (κ3) is 2.56. The zero-order chi connectivity index (χ0) is 15.0. The molecule has 3 aliphatic heterocycles. The van der Waals surface area contributed by atoms with Crippen molar-refractivity contribution in [1.29, 1.82) is 0 Å². The van der Waals surface area contributed by atoms with Crippen LogP contribution in [-0.4, -0.2) is 47.1 Å². The number of nitrogens with one attached hydrogen (secondary N) is 1. The summed E-state index contributed by atoms with van der Waals surface area (Å²) in [7, 11) is 0. The molecule has 21 heavy (non-hydrogen) atoms. The molecule has 5 heteroatoms. The Morgan fingerprint density at radius 1 is 1.29 bits per heavy atom. The number of fused-ring (bicyclic) bond motifs is 2. The van der Waals surface area contributed by atoms with Gasteiger partial charge in [-0.1, -0.05) is 13.3 Å². The van der Waals surface area contributed by atoms with Gasteiger partial charge in [-0.3, -0.25) is 9.59 Å². The molecule has 0 saturated carbocycles. The maximum Gasteiger partial charge on any atom is 0.309 e. The average molecular weight is 294 g/mol. The summed E-state index contributed by atoms with van der Waals surface area (Å²) < 4.78 is 0. The second-order valence-corrected chi connectivity index (χ2v) is 7.05. The first-order valence-corrected chi connectivity index (χ1v) is 8.34. The molecule has 0 aliphatic carbocycles. The Morgan fingerprint density at radius 3 is 2.48 bits per heavy atom. The first-order valence-electron chi connectivity index (χ1n) is 8.34. The van der Waals surface area contributed by atoms with Crippen LogP contribution in [0.1, 0.15) is 51.9 Å². The van der Waals surface area contributed by atoms with Crippen molar-refractivity contribution < 1.29 is 14.7 Å². The Kier molecular flexibility index (Phi) is 3.95. The van der Waals surface area contributed by atoms with Gasteiger partial charge in [0.2, 0.25) is 5.91 Å². The van der Waals surface area contributed by atoms with E-state index in [2.05, 4.69) is 5.32 Å². The maximum atomic E-state index is 12.7. The molecule has 2 N–H and O–H groups in total. The molecule has 0 radical (unpaired) electrons. The fourth-order valence-electron chi connectivity index (χ4n) is 4.54. The van der Waals surface area contributed by atoms with Gasteiger partial charge in [0.05, 0.1) is 11.3 Å². The van der Waals surface area contributed by atoms with Gasteiger partial charge in [0, 0.05) is 25.2 Å². The third-order valence-corrected chi connectivity index (χ3v) is 5.83. The van der Waals surface area contributed by atoms with E-state index in [1.807, 2.05) is 11.8 Å². The standard InChI is InChI=1S/C16H26N2O3/c1-2-5-16(15(20)21)6-8-18(9-7-16)14(19)12-10-11-3-4-13(12)17-11/h11-13,17H,2-10H2,1H3,(H,20,21). The molecular formula is C16H26N2O3. The van der Waals surface area contributed by atoms with Gasteiger partial charge in [-0.25, -0.2) is 0 Å². The van der Waals surface area contributed by atoms with Crippen LogP contribution in [0.5, 0.6) is 0 Å². The molecule has 0 aromatic rings. The van der Waals surface area contributed by atoms with Gasteiger partial charge in [0.1, 0.15) is 0 Å². The molecule has 2 bridgehead atoms. The smallest absolute Gasteiger partial charge is 0.309 e. The second-order valence-electron chi connectivity index (χ2n) is 7.05. The molecule has 0 spiro atoms. The normalized spacial score (nSPS) is 34.1. The molecule has 118 valence electrons. The van der Waals surface area contributed by atoms with E-state index in [1.54, 1.807) is 0 Å². The SMILES string of the molecule is CCCC1(C(=O)O)CCN(C(=O)C2CC3CCC2N3)CC1. The summed E-state index contributed by atoms with van der Waals surface area (Å²) in [4.78, 5) is 26.2. The number of amides is 1. The molecule has 3 aliphatic rings. The summed E-state index contributed by atoms with van der Waals surface area (Å²) >= 11 is 0. The number of nitrogens with zero attached hydrogens (tertiary/aromatic N) is 1. The molecular weight excluding hydrogens is 268 g/mol. The van der Waals surface area contributed by atoms with Crippen LogP contribution in [0.2, 0.25) is 0 Å². The zero-order valence-corrected chi connectivity index (χ0v) is 12.8. The van der Waals surface area contributed by atoms with Crippen LogP contribution in [0.25, 0.3) is 0 Å². The van der Waals surface area contributed by atoms with Crippen molar-refractivity contribution >= 4 is 11.9 Å². The van der Waals surface area contributed by atoms with Crippen molar-refractivity contribution in [3.05, 3.63) is 0 Å². The van der Waals surface area contributed by atoms with Crippen LogP contribution in [0.3, 0.4) is 0 Å². The Bertz CT molecular complexity index is 429. The lowest BCUT2D eigenvalue weighted by molar-refractivity contribution is -0.155. The van der Waals surface area contributed by atoms with Crippen LogP contribution >= 0.6 is 0 Å². The minimum Gasteiger partial charge on any atom is -0.481 e. The lowest BCUT2D eigenvalue weighted by Crippen LogP contribution is -2.49. The quantitative estimate of drug-likeness (QED) is 0.826. The molecule has 3 fully saturated rings. The van der Waals surface area contributed by atoms with Crippen LogP contribution in [0.15, 0.2) is 0 Å². The Balaban J connectivity index is 1.60. The predicted molar refractivity (Wildman–Crippen MR) is 78.8 cm³/mol. The highest BCUT2D eigenvalue weighted by atomic mass is 16.4. The molecule has 3 atom stereocenters. The summed E-state index contributed by atoms with van der Waals surface area (Å²) in [6.07, 6.45) is 6.11. The summed E-state index contributed by atoms with van der Waals surface area (Å²) in [6, 6.07) is 0.899. The summed E-state index contributed by atoms with van der Waals surface area (Å²) in [5, 5.41) is 13.0. The molecule has 0 aromatic heterocycles. The Morgan fingerprint density at radius 2 is 2.00 bits per heavy atom. The van der Waals surface area contributed by atoms with E-state index in [4.69, 9.17) is 0 Å². The van der Waals surface area contributed by atoms with Crippen LogP contribution in [-0.2, 0) is 9.59 Å². The lowest BCUT2D eigenvalue weighted by Gasteiger charge is -2.40. The molecule has 1 amide bonds. The van der Waals surface area contributed by atoms with E-state index in [0.717, 1.165) is 25.7 Å². The van der Waals surface area contributed by atoms with Crippen LogP contribution < -0.4 is 5.32 Å². The number of carbonyl (C=O) groups excluding carboxylic acids is 1. The first-order chi connectivity index (χ1) is 10.1. The molecule has 3 unspecified atom stereocenters. The molecule has 5 nitrogen and oxygen atoms in total. The largest absolute Gasteiger partial charge is 0.481 e. The van der Waals surface area contributed by atoms with E-state index in [-0.39, 0.29) is 11.8 Å². The number of hydrogen-bond donors (Lipinski definition) is 2. The number of carboxylic acid groups (broad SMARTS) is 1. The second kappa shape index (κ2) is 5.59. The van der Waals surface area contributed by atoms with Crippen LogP contribution in [0.4, 0.5) is 0 Å². The number of piperidine rings is 1. The van der Waals surface area contributed by atoms with E-state index < -0.39 is 11.4 Å². The van der Waals surface area contributed by atoms with Crippen molar-refractivity contribution in [3.8, 4) is 0 Å². The summed E-state index contributed by atoms with van der Waals surface area (Å²) in [5.41, 5.74) is -0.599. The van der Waals surface area contributed by atoms with Gasteiger partial charge in [-0.2, -0.15) is 0 Å². The van der Waals surface area contributed by atoms with Crippen molar-refractivity contribution in [3.63, 3.8) is 0 Å². The lowest BCUT2D eigenvalue weighted by atomic mass is 9.74. The fourth-order valence-corrected chi connectivity index (χ4v) is 4.54. The van der Waals surface area contributed by atoms with Gasteiger partial charge in [-0.15, -0.1) is 0 Å². The number of carbonyl (C=O) groups is 2. The zero-order valence-electron chi connectivity index (χ0n) is 12.8. The number of carboxylic acids is 1. The maximum absolute atomic E-state index is 12.7. The Labute approximate surface area is 126 Å². The van der Waals surface area contributed by atoms with E-state index in [9.17, 15) is 14.7 Å². The first kappa shape index (κ1) is 14.8. The van der Waals surface area contributed by atoms with Crippen molar-refractivity contribution in [2.24, 2.45) is 11.3 Å². The third-order valence-electron chi connectivity index (χ3n) is 5.83. The van der Waals surface area contributed by atoms with Gasteiger partial charge in [0.15, 0.2) is 0 Å². The van der Waals surface area contributed by atoms with E-state index in [0.29, 0.717) is 38.0 Å². The summed E-state index contributed by atoms with van der Waals surface area (Å²) in [6.45, 7) is 3.25. The average Bonchev–Trinajstić information content (AvgIpc) is 3.10. The number of aliphatic carboxylic acids is 1. The summed E-state index contributed by atoms with van der Waals surface area (Å²) in [5.74, 6) is -0.296. The van der Waals surface area contributed by atoms with Crippen molar-refractivity contribution in [2.75, 3.05) is 13.1 Å². The van der Waals surface area contributed by atoms with Gasteiger partial charge in [-0.05, 0) is 38.5 Å².